The highest BCUT2D eigenvalue weighted by molar-refractivity contribution is 5.86. The van der Waals surface area contributed by atoms with Gasteiger partial charge in [-0.3, -0.25) is 0 Å². The van der Waals surface area contributed by atoms with Crippen molar-refractivity contribution in [2.24, 2.45) is 0 Å². The fourth-order valence-electron chi connectivity index (χ4n) is 3.59. The van der Waals surface area contributed by atoms with Gasteiger partial charge in [0, 0.05) is 18.2 Å². The summed E-state index contributed by atoms with van der Waals surface area (Å²) in [4.78, 5) is 13.9. The summed E-state index contributed by atoms with van der Waals surface area (Å²) in [6.45, 7) is 2.96. The van der Waals surface area contributed by atoms with Gasteiger partial charge in [-0.05, 0) is 19.8 Å². The molecule has 2 heterocycles. The summed E-state index contributed by atoms with van der Waals surface area (Å²) in [7, 11) is 0. The van der Waals surface area contributed by atoms with E-state index in [0.29, 0.717) is 6.04 Å². The van der Waals surface area contributed by atoms with Crippen LogP contribution in [0.25, 0.3) is 22.6 Å². The molecule has 5 heteroatoms. The molecule has 1 aromatic carbocycles. The van der Waals surface area contributed by atoms with Gasteiger partial charge in [-0.25, -0.2) is 15.0 Å². The van der Waals surface area contributed by atoms with Crippen LogP contribution >= 0.6 is 0 Å². The fraction of sp³-hybridized carbons (Fsp3) is 0.421. The maximum absolute atomic E-state index is 4.89. The molecule has 1 fully saturated rings. The van der Waals surface area contributed by atoms with E-state index < -0.39 is 0 Å². The van der Waals surface area contributed by atoms with Crippen molar-refractivity contribution in [1.82, 2.24) is 19.5 Å². The zero-order chi connectivity index (χ0) is 16.4. The van der Waals surface area contributed by atoms with E-state index in [-0.39, 0.29) is 0 Å². The lowest BCUT2D eigenvalue weighted by atomic mass is 9.95. The molecule has 4 rings (SSSR count). The highest BCUT2D eigenvalue weighted by Crippen LogP contribution is 2.28. The topological polar surface area (TPSA) is 55.6 Å². The number of aryl methyl sites for hydroxylation is 1. The zero-order valence-electron chi connectivity index (χ0n) is 14.1. The van der Waals surface area contributed by atoms with Crippen LogP contribution in [0.3, 0.4) is 0 Å². The Kier molecular flexibility index (Phi) is 4.15. The minimum Gasteiger partial charge on any atom is -0.365 e. The second kappa shape index (κ2) is 6.59. The minimum atomic E-state index is 0.504. The van der Waals surface area contributed by atoms with Gasteiger partial charge in [-0.1, -0.05) is 49.6 Å². The Morgan fingerprint density at radius 2 is 1.88 bits per heavy atom. The molecule has 1 aliphatic carbocycles. The fourth-order valence-corrected chi connectivity index (χ4v) is 3.59. The van der Waals surface area contributed by atoms with Crippen LogP contribution in [-0.4, -0.2) is 25.6 Å². The van der Waals surface area contributed by atoms with Gasteiger partial charge in [0.15, 0.2) is 17.0 Å². The number of aromatic nitrogens is 4. The number of imidazole rings is 1. The molecule has 1 N–H and O–H groups in total. The first kappa shape index (κ1) is 15.1. The van der Waals surface area contributed by atoms with Crippen LogP contribution in [0, 0.1) is 0 Å². The van der Waals surface area contributed by atoms with Crippen molar-refractivity contribution in [1.29, 1.82) is 0 Å². The van der Waals surface area contributed by atoms with Gasteiger partial charge in [-0.15, -0.1) is 0 Å². The average molecular weight is 321 g/mol. The SMILES string of the molecule is CCn1c(-c2ccccc2)nc2c(NC3CCCCC3)ncnc21. The summed E-state index contributed by atoms with van der Waals surface area (Å²) >= 11 is 0. The highest BCUT2D eigenvalue weighted by Gasteiger charge is 2.19. The monoisotopic (exact) mass is 321 g/mol. The first-order chi connectivity index (χ1) is 11.9. The number of hydrogen-bond acceptors (Lipinski definition) is 4. The molecule has 3 aromatic rings. The summed E-state index contributed by atoms with van der Waals surface area (Å²) in [5.41, 5.74) is 2.90. The van der Waals surface area contributed by atoms with E-state index >= 15 is 0 Å². The molecular weight excluding hydrogens is 298 g/mol. The normalized spacial score (nSPS) is 15.7. The van der Waals surface area contributed by atoms with Gasteiger partial charge in [-0.2, -0.15) is 0 Å². The van der Waals surface area contributed by atoms with Crippen molar-refractivity contribution in [2.75, 3.05) is 5.32 Å². The number of rotatable bonds is 4. The molecule has 1 aliphatic rings. The van der Waals surface area contributed by atoms with Crippen LogP contribution in [0.4, 0.5) is 5.82 Å². The second-order valence-electron chi connectivity index (χ2n) is 6.42. The number of hydrogen-bond donors (Lipinski definition) is 1. The van der Waals surface area contributed by atoms with E-state index in [4.69, 9.17) is 4.98 Å². The van der Waals surface area contributed by atoms with E-state index in [1.165, 1.54) is 32.1 Å². The third kappa shape index (κ3) is 2.75. The van der Waals surface area contributed by atoms with Crippen LogP contribution < -0.4 is 5.32 Å². The van der Waals surface area contributed by atoms with Crippen molar-refractivity contribution < 1.29 is 0 Å². The van der Waals surface area contributed by atoms with Crippen LogP contribution in [0.15, 0.2) is 36.7 Å². The third-order valence-electron chi connectivity index (χ3n) is 4.83. The van der Waals surface area contributed by atoms with Gasteiger partial charge < -0.3 is 9.88 Å². The van der Waals surface area contributed by atoms with Crippen LogP contribution in [-0.2, 0) is 6.54 Å². The largest absolute Gasteiger partial charge is 0.365 e. The minimum absolute atomic E-state index is 0.504. The predicted molar refractivity (Wildman–Crippen MR) is 96.9 cm³/mol. The average Bonchev–Trinajstić information content (AvgIpc) is 3.03. The molecule has 0 bridgehead atoms. The molecule has 24 heavy (non-hydrogen) atoms. The van der Waals surface area contributed by atoms with Gasteiger partial charge in [0.1, 0.15) is 12.2 Å². The Bertz CT molecular complexity index is 818. The molecule has 0 radical (unpaired) electrons. The summed E-state index contributed by atoms with van der Waals surface area (Å²) in [5.74, 6) is 1.83. The second-order valence-corrected chi connectivity index (χ2v) is 6.42. The lowest BCUT2D eigenvalue weighted by Gasteiger charge is -2.23. The Morgan fingerprint density at radius 3 is 2.62 bits per heavy atom. The number of nitrogens with zero attached hydrogens (tertiary/aromatic N) is 4. The molecule has 2 aromatic heterocycles. The summed E-state index contributed by atoms with van der Waals surface area (Å²) in [6.07, 6.45) is 8.02. The van der Waals surface area contributed by atoms with Crippen molar-refractivity contribution in [3.63, 3.8) is 0 Å². The van der Waals surface area contributed by atoms with E-state index in [2.05, 4.69) is 38.9 Å². The molecule has 5 nitrogen and oxygen atoms in total. The van der Waals surface area contributed by atoms with Crippen molar-refractivity contribution >= 4 is 17.0 Å². The highest BCUT2D eigenvalue weighted by atomic mass is 15.2. The lowest BCUT2D eigenvalue weighted by molar-refractivity contribution is 0.462. The molecule has 0 atom stereocenters. The van der Waals surface area contributed by atoms with Crippen LogP contribution in [0.1, 0.15) is 39.0 Å². The van der Waals surface area contributed by atoms with E-state index in [1.807, 2.05) is 18.2 Å². The first-order valence-electron chi connectivity index (χ1n) is 8.90. The summed E-state index contributed by atoms with van der Waals surface area (Å²) in [6, 6.07) is 10.8. The van der Waals surface area contributed by atoms with E-state index in [9.17, 15) is 0 Å². The molecular formula is C19H23N5. The summed E-state index contributed by atoms with van der Waals surface area (Å²) < 4.78 is 2.17. The summed E-state index contributed by atoms with van der Waals surface area (Å²) in [5, 5.41) is 3.61. The Hall–Kier alpha value is -2.43. The Balaban J connectivity index is 1.78. The smallest absolute Gasteiger partial charge is 0.165 e. The maximum Gasteiger partial charge on any atom is 0.165 e. The van der Waals surface area contributed by atoms with Crippen molar-refractivity contribution in [3.05, 3.63) is 36.7 Å². The number of benzene rings is 1. The van der Waals surface area contributed by atoms with Gasteiger partial charge >= 0.3 is 0 Å². The van der Waals surface area contributed by atoms with E-state index in [0.717, 1.165) is 34.9 Å². The molecule has 0 saturated heterocycles. The first-order valence-corrected chi connectivity index (χ1v) is 8.90. The molecule has 1 saturated carbocycles. The number of anilines is 1. The van der Waals surface area contributed by atoms with Crippen molar-refractivity contribution in [3.8, 4) is 11.4 Å². The number of fused-ring (bicyclic) bond motifs is 1. The zero-order valence-corrected chi connectivity index (χ0v) is 14.1. The molecule has 0 spiro atoms. The Morgan fingerprint density at radius 1 is 1.08 bits per heavy atom. The van der Waals surface area contributed by atoms with Gasteiger partial charge in [0.05, 0.1) is 0 Å². The molecule has 0 amide bonds. The van der Waals surface area contributed by atoms with Gasteiger partial charge in [0.2, 0.25) is 0 Å². The van der Waals surface area contributed by atoms with Gasteiger partial charge in [0.25, 0.3) is 0 Å². The van der Waals surface area contributed by atoms with Crippen molar-refractivity contribution in [2.45, 2.75) is 51.6 Å². The standard InChI is InChI=1S/C19H23N5/c1-2-24-18(14-9-5-3-6-10-14)23-16-17(20-13-21-19(16)24)22-15-11-7-4-8-12-15/h3,5-6,9-10,13,15H,2,4,7-8,11-12H2,1H3,(H,20,21,22). The number of nitrogens with one attached hydrogen (secondary N) is 1. The van der Waals surface area contributed by atoms with E-state index in [1.54, 1.807) is 6.33 Å². The molecule has 0 aliphatic heterocycles. The maximum atomic E-state index is 4.89. The predicted octanol–water partition coefficient (Wildman–Crippen LogP) is 4.26. The third-order valence-corrected chi connectivity index (χ3v) is 4.83. The van der Waals surface area contributed by atoms with Crippen LogP contribution in [0.2, 0.25) is 0 Å². The molecule has 0 unspecified atom stereocenters. The van der Waals surface area contributed by atoms with Crippen LogP contribution in [0.5, 0.6) is 0 Å². The quantitative estimate of drug-likeness (QED) is 0.780. The Labute approximate surface area is 142 Å². The lowest BCUT2D eigenvalue weighted by Crippen LogP contribution is -2.23. The molecule has 124 valence electrons.